The van der Waals surface area contributed by atoms with E-state index in [0.717, 1.165) is 0 Å². The van der Waals surface area contributed by atoms with Crippen molar-refractivity contribution in [3.63, 3.8) is 0 Å². The Labute approximate surface area is 85.6 Å². The molecule has 0 aliphatic carbocycles. The monoisotopic (exact) mass is 248 g/mol. The van der Waals surface area contributed by atoms with Crippen molar-refractivity contribution in [2.24, 2.45) is 0 Å². The van der Waals surface area contributed by atoms with E-state index in [0.29, 0.717) is 0 Å². The number of halogens is 3. The first kappa shape index (κ1) is 12.2. The van der Waals surface area contributed by atoms with E-state index in [9.17, 15) is 14.4 Å². The highest BCUT2D eigenvalue weighted by molar-refractivity contribution is 6.19. The van der Waals surface area contributed by atoms with Gasteiger partial charge in [-0.2, -0.15) is 0 Å². The lowest BCUT2D eigenvalue weighted by Gasteiger charge is -1.96. The van der Waals surface area contributed by atoms with E-state index in [1.54, 1.807) is 0 Å². The highest BCUT2D eigenvalue weighted by atomic mass is 35.5. The van der Waals surface area contributed by atoms with Gasteiger partial charge < -0.3 is 6.15 Å². The van der Waals surface area contributed by atoms with Crippen LogP contribution in [0.1, 0.15) is 0 Å². The van der Waals surface area contributed by atoms with Gasteiger partial charge in [-0.05, 0) is 0 Å². The van der Waals surface area contributed by atoms with Crippen molar-refractivity contribution in [1.29, 1.82) is 0 Å². The zero-order chi connectivity index (χ0) is 9.46. The van der Waals surface area contributed by atoms with E-state index < -0.39 is 17.1 Å². The molecule has 0 saturated heterocycles. The molecule has 1 heterocycles. The van der Waals surface area contributed by atoms with E-state index >= 15 is 0 Å². The quantitative estimate of drug-likeness (QED) is 0.659. The van der Waals surface area contributed by atoms with Gasteiger partial charge in [-0.25, -0.2) is 14.4 Å². The van der Waals surface area contributed by atoms with Gasteiger partial charge in [0.05, 0.1) is 0 Å². The van der Waals surface area contributed by atoms with Gasteiger partial charge in [-0.15, -0.1) is 12.3 Å². The topological polar surface area (TPSA) is 101 Å². The standard InChI is InChI=1S/C3Cl3N3O3.H3N/c4-7-1(10)8(5)3(12)9(6)2(7)11;/h;1H3. The molecule has 0 atom stereocenters. The second-order valence-electron chi connectivity index (χ2n) is 1.69. The number of hydrogen-bond donors (Lipinski definition) is 1. The minimum atomic E-state index is -1.16. The fraction of sp³-hybridized carbons (Fsp3) is 0. The predicted molar refractivity (Wildman–Crippen MR) is 48.0 cm³/mol. The zero-order valence-electron chi connectivity index (χ0n) is 5.91. The molecule has 74 valence electrons. The molecule has 13 heavy (non-hydrogen) atoms. The lowest BCUT2D eigenvalue weighted by atomic mass is 11.0. The normalized spacial score (nSPS) is 9.46. The van der Waals surface area contributed by atoms with Crippen molar-refractivity contribution in [3.05, 3.63) is 31.5 Å². The molecule has 0 aliphatic rings. The van der Waals surface area contributed by atoms with Gasteiger partial charge in [0.25, 0.3) is 0 Å². The number of nitrogens with zero attached hydrogens (tertiary/aromatic N) is 3. The SMILES string of the molecule is N.O=c1n(Cl)c(=O)n(Cl)c(=O)n1Cl. The molecule has 0 bridgehead atoms. The number of aromatic nitrogens is 3. The molecule has 0 aliphatic heterocycles. The van der Waals surface area contributed by atoms with Gasteiger partial charge in [0.1, 0.15) is 0 Å². The van der Waals surface area contributed by atoms with Crippen molar-refractivity contribution in [2.75, 3.05) is 0 Å². The fourth-order valence-electron chi connectivity index (χ4n) is 0.477. The van der Waals surface area contributed by atoms with Gasteiger partial charge in [-0.1, -0.05) is 0 Å². The molecular formula is C3H3Cl3N4O3. The van der Waals surface area contributed by atoms with Crippen molar-refractivity contribution >= 4 is 35.3 Å². The van der Waals surface area contributed by atoms with Crippen LogP contribution in [0.5, 0.6) is 0 Å². The summed E-state index contributed by atoms with van der Waals surface area (Å²) in [7, 11) is 0. The van der Waals surface area contributed by atoms with Crippen LogP contribution in [0.4, 0.5) is 0 Å². The fourth-order valence-corrected chi connectivity index (χ4v) is 1.05. The van der Waals surface area contributed by atoms with Crippen molar-refractivity contribution in [2.45, 2.75) is 0 Å². The molecule has 1 rings (SSSR count). The maximum atomic E-state index is 10.8. The molecule has 10 heteroatoms. The van der Waals surface area contributed by atoms with Gasteiger partial charge in [-0.3, -0.25) is 0 Å². The van der Waals surface area contributed by atoms with Crippen LogP contribution in [-0.2, 0) is 0 Å². The van der Waals surface area contributed by atoms with Gasteiger partial charge >= 0.3 is 17.1 Å². The highest BCUT2D eigenvalue weighted by Crippen LogP contribution is 1.78. The number of hydrogen-bond acceptors (Lipinski definition) is 4. The Kier molecular flexibility index (Phi) is 3.73. The van der Waals surface area contributed by atoms with Crippen LogP contribution in [0.25, 0.3) is 0 Å². The average Bonchev–Trinajstić information content (AvgIpc) is 2.08. The van der Waals surface area contributed by atoms with Crippen LogP contribution >= 0.6 is 35.3 Å². The Morgan fingerprint density at radius 3 is 1.00 bits per heavy atom. The number of rotatable bonds is 0. The molecular weight excluding hydrogens is 246 g/mol. The van der Waals surface area contributed by atoms with E-state index in [2.05, 4.69) is 0 Å². The lowest BCUT2D eigenvalue weighted by Crippen LogP contribution is -2.47. The van der Waals surface area contributed by atoms with Crippen LogP contribution in [0.15, 0.2) is 14.4 Å². The van der Waals surface area contributed by atoms with Crippen molar-refractivity contribution < 1.29 is 0 Å². The Bertz CT molecular complexity index is 382. The molecule has 0 aromatic carbocycles. The molecule has 0 unspecified atom stereocenters. The molecule has 0 amide bonds. The molecule has 0 spiro atoms. The van der Waals surface area contributed by atoms with Gasteiger partial charge in [0, 0.05) is 35.3 Å². The molecule has 1 aromatic heterocycles. The second-order valence-corrected chi connectivity index (χ2v) is 2.70. The van der Waals surface area contributed by atoms with E-state index in [-0.39, 0.29) is 18.4 Å². The van der Waals surface area contributed by atoms with Crippen LogP contribution < -0.4 is 23.2 Å². The Morgan fingerprint density at radius 1 is 0.692 bits per heavy atom. The Morgan fingerprint density at radius 2 is 0.846 bits per heavy atom. The van der Waals surface area contributed by atoms with E-state index in [4.69, 9.17) is 35.3 Å². The molecule has 0 fully saturated rings. The predicted octanol–water partition coefficient (Wildman–Crippen LogP) is -0.661. The van der Waals surface area contributed by atoms with Crippen molar-refractivity contribution in [1.82, 2.24) is 18.4 Å². The third-order valence-electron chi connectivity index (χ3n) is 1.01. The summed E-state index contributed by atoms with van der Waals surface area (Å²) in [6, 6.07) is 0. The maximum absolute atomic E-state index is 10.8. The molecule has 0 saturated carbocycles. The Balaban J connectivity index is 0.00000144. The van der Waals surface area contributed by atoms with E-state index in [1.807, 2.05) is 0 Å². The maximum Gasteiger partial charge on any atom is 0.366 e. The van der Waals surface area contributed by atoms with Crippen LogP contribution in [0.2, 0.25) is 0 Å². The zero-order valence-corrected chi connectivity index (χ0v) is 8.18. The first-order valence-corrected chi connectivity index (χ1v) is 3.48. The van der Waals surface area contributed by atoms with Crippen molar-refractivity contribution in [3.8, 4) is 0 Å². The minimum absolute atomic E-state index is 0. The first-order chi connectivity index (χ1) is 5.46. The summed E-state index contributed by atoms with van der Waals surface area (Å²) >= 11 is 15.3. The summed E-state index contributed by atoms with van der Waals surface area (Å²) in [4.78, 5) is 32.3. The average molecular weight is 249 g/mol. The third-order valence-corrected chi connectivity index (χ3v) is 1.88. The third kappa shape index (κ3) is 1.78. The summed E-state index contributed by atoms with van der Waals surface area (Å²) in [6.07, 6.45) is 0. The van der Waals surface area contributed by atoms with E-state index in [1.165, 1.54) is 0 Å². The summed E-state index contributed by atoms with van der Waals surface area (Å²) < 4.78 is 0.254. The summed E-state index contributed by atoms with van der Waals surface area (Å²) in [5.74, 6) is 0. The summed E-state index contributed by atoms with van der Waals surface area (Å²) in [5.41, 5.74) is -3.49. The molecule has 3 N–H and O–H groups in total. The Hall–Kier alpha value is -0.760. The van der Waals surface area contributed by atoms with Crippen LogP contribution in [0, 0.1) is 0 Å². The smallest absolute Gasteiger partial charge is 0.344 e. The summed E-state index contributed by atoms with van der Waals surface area (Å²) in [6.45, 7) is 0. The largest absolute Gasteiger partial charge is 0.366 e. The lowest BCUT2D eigenvalue weighted by molar-refractivity contribution is 0.770. The minimum Gasteiger partial charge on any atom is -0.344 e. The van der Waals surface area contributed by atoms with Crippen LogP contribution in [0.3, 0.4) is 0 Å². The highest BCUT2D eigenvalue weighted by Gasteiger charge is 2.10. The second kappa shape index (κ2) is 3.97. The first-order valence-electron chi connectivity index (χ1n) is 2.46. The molecule has 1 aromatic rings. The molecule has 7 nitrogen and oxygen atoms in total. The summed E-state index contributed by atoms with van der Waals surface area (Å²) in [5, 5.41) is 0. The van der Waals surface area contributed by atoms with Crippen LogP contribution in [-0.4, -0.2) is 12.3 Å². The van der Waals surface area contributed by atoms with Gasteiger partial charge in [0.15, 0.2) is 0 Å². The molecule has 0 radical (unpaired) electrons. The van der Waals surface area contributed by atoms with Gasteiger partial charge in [0.2, 0.25) is 0 Å².